The van der Waals surface area contributed by atoms with Gasteiger partial charge in [-0.25, -0.2) is 0 Å². The average Bonchev–Trinajstić information content (AvgIpc) is 2.47. The van der Waals surface area contributed by atoms with E-state index >= 15 is 0 Å². The van der Waals surface area contributed by atoms with Crippen LogP contribution in [0.15, 0.2) is 35.5 Å². The molecule has 6 heteroatoms. The Morgan fingerprint density at radius 2 is 2.00 bits per heavy atom. The Bertz CT molecular complexity index is 472. The third kappa shape index (κ3) is 3.96. The minimum Gasteiger partial charge on any atom is -0.409 e. The van der Waals surface area contributed by atoms with E-state index in [1.165, 1.54) is 7.11 Å². The molecule has 1 rings (SSSR count). The van der Waals surface area contributed by atoms with Crippen LogP contribution >= 0.6 is 0 Å². The van der Waals surface area contributed by atoms with Gasteiger partial charge < -0.3 is 20.6 Å². The molecule has 1 amide bonds. The number of carbonyl (C=O) groups excluding carboxylic acids is 1. The molecule has 0 fully saturated rings. The van der Waals surface area contributed by atoms with Gasteiger partial charge in [0.2, 0.25) is 0 Å². The van der Waals surface area contributed by atoms with Crippen LogP contribution < -0.4 is 10.6 Å². The van der Waals surface area contributed by atoms with Crippen molar-refractivity contribution in [3.63, 3.8) is 0 Å². The first-order chi connectivity index (χ1) is 9.42. The number of para-hydroxylation sites is 1. The molecular formula is C14H21N3O3. The minimum absolute atomic E-state index is 0.0777. The van der Waals surface area contributed by atoms with Crippen molar-refractivity contribution >= 4 is 17.4 Å². The molecule has 0 radical (unpaired) electrons. The summed E-state index contributed by atoms with van der Waals surface area (Å²) in [5.41, 5.74) is 5.27. The van der Waals surface area contributed by atoms with Gasteiger partial charge in [0.1, 0.15) is 11.4 Å². The van der Waals surface area contributed by atoms with Crippen LogP contribution in [0.25, 0.3) is 0 Å². The van der Waals surface area contributed by atoms with E-state index < -0.39 is 5.60 Å². The zero-order valence-electron chi connectivity index (χ0n) is 12.0. The van der Waals surface area contributed by atoms with Gasteiger partial charge in [0.05, 0.1) is 0 Å². The van der Waals surface area contributed by atoms with E-state index in [1.54, 1.807) is 18.7 Å². The normalized spacial score (nSPS) is 12.2. The highest BCUT2D eigenvalue weighted by molar-refractivity contribution is 5.99. The van der Waals surface area contributed by atoms with Gasteiger partial charge >= 0.3 is 0 Å². The number of nitrogens with zero attached hydrogens (tertiary/aromatic N) is 2. The number of amidine groups is 1. The summed E-state index contributed by atoms with van der Waals surface area (Å²) in [5.74, 6) is -0.106. The van der Waals surface area contributed by atoms with Crippen molar-refractivity contribution in [2.24, 2.45) is 10.9 Å². The van der Waals surface area contributed by atoms with E-state index in [2.05, 4.69) is 5.16 Å². The molecule has 0 aromatic heterocycles. The summed E-state index contributed by atoms with van der Waals surface area (Å²) in [6, 6.07) is 9.22. The maximum absolute atomic E-state index is 12.6. The second-order valence-corrected chi connectivity index (χ2v) is 4.85. The van der Waals surface area contributed by atoms with Crippen LogP contribution in [0, 0.1) is 0 Å². The Balaban J connectivity index is 2.99. The van der Waals surface area contributed by atoms with Crippen LogP contribution in [0.5, 0.6) is 0 Å². The Labute approximate surface area is 118 Å². The van der Waals surface area contributed by atoms with Crippen LogP contribution in [-0.2, 0) is 9.53 Å². The van der Waals surface area contributed by atoms with Crippen molar-refractivity contribution in [1.29, 1.82) is 0 Å². The zero-order chi connectivity index (χ0) is 15.2. The lowest BCUT2D eigenvalue weighted by atomic mass is 10.1. The van der Waals surface area contributed by atoms with Gasteiger partial charge in [-0.05, 0) is 26.0 Å². The fourth-order valence-electron chi connectivity index (χ4n) is 1.64. The molecule has 0 atom stereocenters. The lowest BCUT2D eigenvalue weighted by Crippen LogP contribution is -2.47. The fraction of sp³-hybridized carbons (Fsp3) is 0.429. The van der Waals surface area contributed by atoms with E-state index in [0.717, 1.165) is 5.69 Å². The fourth-order valence-corrected chi connectivity index (χ4v) is 1.64. The van der Waals surface area contributed by atoms with Crippen LogP contribution in [0.4, 0.5) is 5.69 Å². The maximum Gasteiger partial charge on any atom is 0.258 e. The number of methoxy groups -OCH3 is 1. The molecule has 0 aliphatic heterocycles. The molecule has 110 valence electrons. The highest BCUT2D eigenvalue weighted by Crippen LogP contribution is 2.20. The molecule has 6 nitrogen and oxygen atoms in total. The molecule has 1 aromatic carbocycles. The largest absolute Gasteiger partial charge is 0.409 e. The van der Waals surface area contributed by atoms with Gasteiger partial charge in [-0.2, -0.15) is 0 Å². The topological polar surface area (TPSA) is 88.2 Å². The first-order valence-corrected chi connectivity index (χ1v) is 6.31. The SMILES string of the molecule is COC(C)(C)C(=O)N(CC/C(N)=N/O)c1ccccc1. The van der Waals surface area contributed by atoms with Gasteiger partial charge in [0.15, 0.2) is 0 Å². The number of amides is 1. The van der Waals surface area contributed by atoms with E-state index in [4.69, 9.17) is 15.7 Å². The standard InChI is InChI=1S/C14H21N3O3/c1-14(2,20-3)13(18)17(10-9-12(15)16-19)11-7-5-4-6-8-11/h4-8,19H,9-10H2,1-3H3,(H2,15,16). The van der Waals surface area contributed by atoms with E-state index in [-0.39, 0.29) is 18.2 Å². The summed E-state index contributed by atoms with van der Waals surface area (Å²) in [5, 5.41) is 11.5. The van der Waals surface area contributed by atoms with Crippen molar-refractivity contribution in [3.05, 3.63) is 30.3 Å². The summed E-state index contributed by atoms with van der Waals surface area (Å²) in [6.07, 6.45) is 0.275. The molecule has 0 aliphatic carbocycles. The van der Waals surface area contributed by atoms with Gasteiger partial charge in [-0.3, -0.25) is 4.79 Å². The molecule has 0 spiro atoms. The van der Waals surface area contributed by atoms with Crippen molar-refractivity contribution < 1.29 is 14.7 Å². The molecule has 1 aromatic rings. The summed E-state index contributed by atoms with van der Waals surface area (Å²) in [7, 11) is 1.49. The van der Waals surface area contributed by atoms with Crippen molar-refractivity contribution in [1.82, 2.24) is 0 Å². The average molecular weight is 279 g/mol. The molecule has 0 saturated heterocycles. The second kappa shape index (κ2) is 6.91. The maximum atomic E-state index is 12.6. The smallest absolute Gasteiger partial charge is 0.258 e. The number of nitrogens with two attached hydrogens (primary N) is 1. The highest BCUT2D eigenvalue weighted by atomic mass is 16.5. The Kier molecular flexibility index (Phi) is 5.52. The van der Waals surface area contributed by atoms with Crippen LogP contribution in [-0.4, -0.2) is 36.2 Å². The van der Waals surface area contributed by atoms with E-state index in [0.29, 0.717) is 6.54 Å². The number of rotatable bonds is 6. The number of carbonyl (C=O) groups is 1. The van der Waals surface area contributed by atoms with Gasteiger partial charge in [-0.15, -0.1) is 0 Å². The first kappa shape index (κ1) is 16.0. The molecule has 3 N–H and O–H groups in total. The lowest BCUT2D eigenvalue weighted by Gasteiger charge is -2.31. The predicted octanol–water partition coefficient (Wildman–Crippen LogP) is 1.58. The Hall–Kier alpha value is -2.08. The molecule has 0 bridgehead atoms. The third-order valence-corrected chi connectivity index (χ3v) is 3.06. The quantitative estimate of drug-likeness (QED) is 0.358. The number of hydrogen-bond acceptors (Lipinski definition) is 4. The van der Waals surface area contributed by atoms with Crippen molar-refractivity contribution in [2.45, 2.75) is 25.9 Å². The van der Waals surface area contributed by atoms with E-state index in [1.807, 2.05) is 30.3 Å². The van der Waals surface area contributed by atoms with Crippen molar-refractivity contribution in [3.8, 4) is 0 Å². The monoisotopic (exact) mass is 279 g/mol. The van der Waals surface area contributed by atoms with Crippen LogP contribution in [0.3, 0.4) is 0 Å². The molecular weight excluding hydrogens is 258 g/mol. The van der Waals surface area contributed by atoms with Gasteiger partial charge in [0, 0.05) is 25.8 Å². The molecule has 0 heterocycles. The van der Waals surface area contributed by atoms with Crippen LogP contribution in [0.1, 0.15) is 20.3 Å². The highest BCUT2D eigenvalue weighted by Gasteiger charge is 2.32. The lowest BCUT2D eigenvalue weighted by molar-refractivity contribution is -0.136. The summed E-state index contributed by atoms with van der Waals surface area (Å²) >= 11 is 0. The Morgan fingerprint density at radius 1 is 1.40 bits per heavy atom. The van der Waals surface area contributed by atoms with Crippen LogP contribution in [0.2, 0.25) is 0 Å². The van der Waals surface area contributed by atoms with Gasteiger partial charge in [-0.1, -0.05) is 23.4 Å². The number of benzene rings is 1. The third-order valence-electron chi connectivity index (χ3n) is 3.06. The number of anilines is 1. The second-order valence-electron chi connectivity index (χ2n) is 4.85. The summed E-state index contributed by atoms with van der Waals surface area (Å²) in [6.45, 7) is 3.72. The number of ether oxygens (including phenoxy) is 1. The van der Waals surface area contributed by atoms with Gasteiger partial charge in [0.25, 0.3) is 5.91 Å². The van der Waals surface area contributed by atoms with Crippen molar-refractivity contribution in [2.75, 3.05) is 18.6 Å². The molecule has 0 unspecified atom stereocenters. The predicted molar refractivity (Wildman–Crippen MR) is 77.9 cm³/mol. The summed E-state index contributed by atoms with van der Waals surface area (Å²) < 4.78 is 5.23. The minimum atomic E-state index is -0.943. The molecule has 0 aliphatic rings. The first-order valence-electron chi connectivity index (χ1n) is 6.31. The summed E-state index contributed by atoms with van der Waals surface area (Å²) in [4.78, 5) is 14.1. The Morgan fingerprint density at radius 3 is 2.50 bits per heavy atom. The number of hydrogen-bond donors (Lipinski definition) is 2. The molecule has 0 saturated carbocycles. The zero-order valence-corrected chi connectivity index (χ0v) is 12.0. The van der Waals surface area contributed by atoms with E-state index in [9.17, 15) is 4.79 Å². The number of oxime groups is 1. The molecule has 20 heavy (non-hydrogen) atoms.